The molecule has 0 bridgehead atoms. The van der Waals surface area contributed by atoms with Crippen LogP contribution in [0.3, 0.4) is 0 Å². The molecule has 0 radical (unpaired) electrons. The Morgan fingerprint density at radius 1 is 1.30 bits per heavy atom. The number of nitrogens with one attached hydrogen (secondary N) is 1. The van der Waals surface area contributed by atoms with Crippen molar-refractivity contribution in [2.75, 3.05) is 13.2 Å². The standard InChI is InChI=1S/C15H18N2O3/c16-14(19)8-1-2-9-17-15(20)13-7-3-5-12(11-13)6-4-10-18/h3,5,7,11,18H,1-2,8-10H2,(H2,16,19)(H,17,20). The minimum atomic E-state index is -0.327. The van der Waals surface area contributed by atoms with E-state index in [4.69, 9.17) is 10.8 Å². The summed E-state index contributed by atoms with van der Waals surface area (Å²) in [6.45, 7) is 0.287. The number of aliphatic hydroxyl groups excluding tert-OH is 1. The number of primary amides is 1. The quantitative estimate of drug-likeness (QED) is 0.518. The number of carbonyl (C=O) groups excluding carboxylic acids is 2. The topological polar surface area (TPSA) is 92.4 Å². The maximum Gasteiger partial charge on any atom is 0.251 e. The Hall–Kier alpha value is -2.32. The molecular weight excluding hydrogens is 256 g/mol. The predicted octanol–water partition coefficient (Wildman–Crippen LogP) is 0.416. The molecule has 0 unspecified atom stereocenters. The highest BCUT2D eigenvalue weighted by Crippen LogP contribution is 2.04. The smallest absolute Gasteiger partial charge is 0.251 e. The molecule has 5 nitrogen and oxygen atoms in total. The number of amides is 2. The number of rotatable bonds is 6. The molecule has 0 aromatic heterocycles. The summed E-state index contributed by atoms with van der Waals surface area (Å²) in [5.74, 6) is 4.77. The highest BCUT2D eigenvalue weighted by molar-refractivity contribution is 5.94. The van der Waals surface area contributed by atoms with Crippen LogP contribution in [0.4, 0.5) is 0 Å². The molecule has 0 saturated heterocycles. The van der Waals surface area contributed by atoms with Gasteiger partial charge in [0.25, 0.3) is 5.91 Å². The van der Waals surface area contributed by atoms with Gasteiger partial charge in [-0.15, -0.1) is 0 Å². The molecule has 0 heterocycles. The van der Waals surface area contributed by atoms with Crippen molar-refractivity contribution in [3.63, 3.8) is 0 Å². The van der Waals surface area contributed by atoms with E-state index in [2.05, 4.69) is 17.2 Å². The Morgan fingerprint density at radius 2 is 2.10 bits per heavy atom. The first kappa shape index (κ1) is 15.7. The van der Waals surface area contributed by atoms with Crippen molar-refractivity contribution >= 4 is 11.8 Å². The average molecular weight is 274 g/mol. The van der Waals surface area contributed by atoms with E-state index in [0.717, 1.165) is 0 Å². The van der Waals surface area contributed by atoms with Crippen LogP contribution in [0, 0.1) is 11.8 Å². The number of carbonyl (C=O) groups is 2. The number of hydrogen-bond donors (Lipinski definition) is 3. The Labute approximate surface area is 118 Å². The molecule has 0 saturated carbocycles. The molecule has 0 aliphatic heterocycles. The van der Waals surface area contributed by atoms with Crippen LogP contribution in [0.2, 0.25) is 0 Å². The number of hydrogen-bond acceptors (Lipinski definition) is 3. The molecule has 4 N–H and O–H groups in total. The second kappa shape index (κ2) is 8.73. The van der Waals surface area contributed by atoms with Crippen LogP contribution in [0.5, 0.6) is 0 Å². The monoisotopic (exact) mass is 274 g/mol. The maximum atomic E-state index is 11.9. The van der Waals surface area contributed by atoms with Gasteiger partial charge in [0.05, 0.1) is 0 Å². The van der Waals surface area contributed by atoms with Gasteiger partial charge in [-0.25, -0.2) is 0 Å². The SMILES string of the molecule is NC(=O)CCCCNC(=O)c1cccc(C#CCO)c1. The van der Waals surface area contributed by atoms with Crippen LogP contribution in [-0.2, 0) is 4.79 Å². The largest absolute Gasteiger partial charge is 0.384 e. The molecule has 1 aromatic rings. The molecule has 20 heavy (non-hydrogen) atoms. The number of aliphatic hydroxyl groups is 1. The third kappa shape index (κ3) is 6.03. The lowest BCUT2D eigenvalue weighted by Gasteiger charge is -2.05. The van der Waals surface area contributed by atoms with Crippen molar-refractivity contribution in [2.24, 2.45) is 5.73 Å². The molecule has 0 atom stereocenters. The fraction of sp³-hybridized carbons (Fsp3) is 0.333. The van der Waals surface area contributed by atoms with Gasteiger partial charge in [0, 0.05) is 24.1 Å². The number of benzene rings is 1. The third-order valence-electron chi connectivity index (χ3n) is 2.57. The first-order valence-electron chi connectivity index (χ1n) is 6.40. The summed E-state index contributed by atoms with van der Waals surface area (Å²) in [7, 11) is 0. The van der Waals surface area contributed by atoms with Gasteiger partial charge in [-0.05, 0) is 31.0 Å². The summed E-state index contributed by atoms with van der Waals surface area (Å²) in [6.07, 6.45) is 1.71. The lowest BCUT2D eigenvalue weighted by Crippen LogP contribution is -2.24. The van der Waals surface area contributed by atoms with Gasteiger partial charge in [0.2, 0.25) is 5.91 Å². The van der Waals surface area contributed by atoms with Gasteiger partial charge >= 0.3 is 0 Å². The van der Waals surface area contributed by atoms with E-state index in [1.165, 1.54) is 0 Å². The molecule has 0 spiro atoms. The molecule has 2 amide bonds. The molecule has 5 heteroatoms. The summed E-state index contributed by atoms with van der Waals surface area (Å²) in [5.41, 5.74) is 6.22. The van der Waals surface area contributed by atoms with E-state index < -0.39 is 0 Å². The van der Waals surface area contributed by atoms with E-state index in [9.17, 15) is 9.59 Å². The van der Waals surface area contributed by atoms with Gasteiger partial charge in [0.15, 0.2) is 0 Å². The van der Waals surface area contributed by atoms with Crippen LogP contribution in [-0.4, -0.2) is 30.1 Å². The van der Waals surface area contributed by atoms with Gasteiger partial charge in [0.1, 0.15) is 6.61 Å². The van der Waals surface area contributed by atoms with Crippen molar-refractivity contribution in [2.45, 2.75) is 19.3 Å². The zero-order valence-electron chi connectivity index (χ0n) is 11.2. The second-order valence-electron chi connectivity index (χ2n) is 4.22. The fourth-order valence-electron chi connectivity index (χ4n) is 1.61. The molecule has 0 aliphatic carbocycles. The van der Waals surface area contributed by atoms with E-state index in [1.807, 2.05) is 0 Å². The van der Waals surface area contributed by atoms with Crippen LogP contribution >= 0.6 is 0 Å². The summed E-state index contributed by atoms with van der Waals surface area (Å²) >= 11 is 0. The number of nitrogens with two attached hydrogens (primary N) is 1. The van der Waals surface area contributed by atoms with Crippen molar-refractivity contribution in [3.05, 3.63) is 35.4 Å². The third-order valence-corrected chi connectivity index (χ3v) is 2.57. The first-order chi connectivity index (χ1) is 9.63. The van der Waals surface area contributed by atoms with E-state index in [1.54, 1.807) is 24.3 Å². The normalized spacial score (nSPS) is 9.45. The van der Waals surface area contributed by atoms with E-state index in [-0.39, 0.29) is 18.4 Å². The molecule has 0 fully saturated rings. The Kier molecular flexibility index (Phi) is 6.87. The van der Waals surface area contributed by atoms with Crippen LogP contribution in [0.15, 0.2) is 24.3 Å². The van der Waals surface area contributed by atoms with Gasteiger partial charge in [-0.1, -0.05) is 17.9 Å². The minimum Gasteiger partial charge on any atom is -0.384 e. The maximum absolute atomic E-state index is 11.9. The zero-order valence-corrected chi connectivity index (χ0v) is 11.2. The van der Waals surface area contributed by atoms with Crippen molar-refractivity contribution < 1.29 is 14.7 Å². The molecule has 1 aromatic carbocycles. The van der Waals surface area contributed by atoms with Crippen LogP contribution < -0.4 is 11.1 Å². The minimum absolute atomic E-state index is 0.184. The van der Waals surface area contributed by atoms with Crippen molar-refractivity contribution in [1.82, 2.24) is 5.32 Å². The van der Waals surface area contributed by atoms with Gasteiger partial charge in [-0.2, -0.15) is 0 Å². The zero-order chi connectivity index (χ0) is 14.8. The molecular formula is C15H18N2O3. The molecule has 0 aliphatic rings. The Bertz CT molecular complexity index is 529. The molecule has 106 valence electrons. The number of unbranched alkanes of at least 4 members (excludes halogenated alkanes) is 1. The lowest BCUT2D eigenvalue weighted by atomic mass is 10.1. The summed E-state index contributed by atoms with van der Waals surface area (Å²) in [5, 5.41) is 11.4. The van der Waals surface area contributed by atoms with E-state index in [0.29, 0.717) is 36.9 Å². The second-order valence-corrected chi connectivity index (χ2v) is 4.22. The fourth-order valence-corrected chi connectivity index (χ4v) is 1.61. The van der Waals surface area contributed by atoms with Crippen molar-refractivity contribution in [3.8, 4) is 11.8 Å². The highest BCUT2D eigenvalue weighted by Gasteiger charge is 2.04. The van der Waals surface area contributed by atoms with Crippen LogP contribution in [0.25, 0.3) is 0 Å². The van der Waals surface area contributed by atoms with Gasteiger partial charge in [-0.3, -0.25) is 9.59 Å². The van der Waals surface area contributed by atoms with Gasteiger partial charge < -0.3 is 16.2 Å². The van der Waals surface area contributed by atoms with Crippen LogP contribution in [0.1, 0.15) is 35.2 Å². The predicted molar refractivity (Wildman–Crippen MR) is 75.8 cm³/mol. The molecule has 1 rings (SSSR count). The Morgan fingerprint density at radius 3 is 2.80 bits per heavy atom. The average Bonchev–Trinajstić information content (AvgIpc) is 2.44. The summed E-state index contributed by atoms with van der Waals surface area (Å²) in [4.78, 5) is 22.4. The van der Waals surface area contributed by atoms with E-state index >= 15 is 0 Å². The van der Waals surface area contributed by atoms with Crippen molar-refractivity contribution in [1.29, 1.82) is 0 Å². The highest BCUT2D eigenvalue weighted by atomic mass is 16.2. The Balaban J connectivity index is 2.45. The summed E-state index contributed by atoms with van der Waals surface area (Å²) < 4.78 is 0. The summed E-state index contributed by atoms with van der Waals surface area (Å²) in [6, 6.07) is 6.87. The lowest BCUT2D eigenvalue weighted by molar-refractivity contribution is -0.118. The first-order valence-corrected chi connectivity index (χ1v) is 6.40.